The molecule has 3 aliphatic carbocycles. The third kappa shape index (κ3) is 1.88. The summed E-state index contributed by atoms with van der Waals surface area (Å²) in [7, 11) is -1.80. The molecular weight excluding hydrogens is 256 g/mol. The summed E-state index contributed by atoms with van der Waals surface area (Å²) < 4.78 is 0. The van der Waals surface area contributed by atoms with E-state index < -0.39 is 8.07 Å². The maximum Gasteiger partial charge on any atom is 0.142 e. The van der Waals surface area contributed by atoms with Crippen molar-refractivity contribution in [2.75, 3.05) is 0 Å². The highest BCUT2D eigenvalue weighted by Crippen LogP contribution is 2.54. The molecule has 20 heavy (non-hydrogen) atoms. The van der Waals surface area contributed by atoms with Gasteiger partial charge in [0.2, 0.25) is 0 Å². The van der Waals surface area contributed by atoms with Crippen LogP contribution in [0.3, 0.4) is 0 Å². The fraction of sp³-hybridized carbons (Fsp3) is 0.368. The molecule has 0 N–H and O–H groups in total. The van der Waals surface area contributed by atoms with Gasteiger partial charge in [-0.1, -0.05) is 91.0 Å². The van der Waals surface area contributed by atoms with Crippen LogP contribution in [0.4, 0.5) is 0 Å². The number of allylic oxidation sites excluding steroid dienone is 12. The van der Waals surface area contributed by atoms with E-state index in [1.165, 1.54) is 0 Å². The lowest BCUT2D eigenvalue weighted by molar-refractivity contribution is 0.722. The Bertz CT molecular complexity index is 512. The summed E-state index contributed by atoms with van der Waals surface area (Å²) in [6.07, 6.45) is 24.5. The van der Waals surface area contributed by atoms with Gasteiger partial charge in [0.1, 0.15) is 8.07 Å². The van der Waals surface area contributed by atoms with Gasteiger partial charge < -0.3 is 0 Å². The second-order valence-corrected chi connectivity index (χ2v) is 11.9. The van der Waals surface area contributed by atoms with Gasteiger partial charge in [-0.3, -0.25) is 0 Å². The summed E-state index contributed by atoms with van der Waals surface area (Å²) in [6.45, 7) is 7.37. The van der Waals surface area contributed by atoms with E-state index in [-0.39, 0.29) is 0 Å². The summed E-state index contributed by atoms with van der Waals surface area (Å²) in [5.74, 6) is 0. The highest BCUT2D eigenvalue weighted by molar-refractivity contribution is 7.00. The van der Waals surface area contributed by atoms with Crippen molar-refractivity contribution in [3.63, 3.8) is 0 Å². The molecule has 3 rings (SSSR count). The zero-order valence-corrected chi connectivity index (χ0v) is 13.8. The van der Waals surface area contributed by atoms with Crippen LogP contribution in [0, 0.1) is 0 Å². The van der Waals surface area contributed by atoms with Crippen molar-refractivity contribution < 1.29 is 0 Å². The monoisotopic (exact) mass is 280 g/mol. The van der Waals surface area contributed by atoms with Crippen molar-refractivity contribution in [3.8, 4) is 0 Å². The molecular formula is C19H24Si. The van der Waals surface area contributed by atoms with E-state index in [0.29, 0.717) is 5.04 Å². The first kappa shape index (κ1) is 13.6. The normalized spacial score (nSPS) is 21.4. The van der Waals surface area contributed by atoms with Gasteiger partial charge in [0.15, 0.2) is 0 Å². The fourth-order valence-corrected chi connectivity index (χ4v) is 10.7. The SMILES string of the molecule is CC(C)(C)[Si](C1=CC=CC1)(C1=CC=CC1)C1=CC=CC1. The molecule has 0 bridgehead atoms. The maximum atomic E-state index is 2.46. The fourth-order valence-electron chi connectivity index (χ4n) is 4.24. The smallest absolute Gasteiger partial charge is 0.0808 e. The average molecular weight is 280 g/mol. The Labute approximate surface area is 124 Å². The number of rotatable bonds is 3. The van der Waals surface area contributed by atoms with Crippen molar-refractivity contribution in [3.05, 3.63) is 70.3 Å². The molecule has 0 radical (unpaired) electrons. The van der Waals surface area contributed by atoms with Crippen LogP contribution >= 0.6 is 0 Å². The van der Waals surface area contributed by atoms with Crippen molar-refractivity contribution >= 4 is 8.07 Å². The topological polar surface area (TPSA) is 0 Å². The lowest BCUT2D eigenvalue weighted by atomic mass is 10.2. The molecule has 0 heterocycles. The van der Waals surface area contributed by atoms with Gasteiger partial charge in [-0.2, -0.15) is 0 Å². The van der Waals surface area contributed by atoms with Crippen molar-refractivity contribution in [1.29, 1.82) is 0 Å². The Kier molecular flexibility index (Phi) is 3.33. The first-order valence-corrected chi connectivity index (χ1v) is 9.65. The first-order valence-electron chi connectivity index (χ1n) is 7.65. The average Bonchev–Trinajstić information content (AvgIpc) is 3.13. The molecule has 1 heteroatoms. The van der Waals surface area contributed by atoms with Crippen LogP contribution in [0.2, 0.25) is 5.04 Å². The second-order valence-electron chi connectivity index (χ2n) is 6.97. The third-order valence-corrected chi connectivity index (χ3v) is 11.1. The molecule has 0 saturated heterocycles. The van der Waals surface area contributed by atoms with Gasteiger partial charge in [-0.05, 0) is 24.3 Å². The van der Waals surface area contributed by atoms with Gasteiger partial charge in [0, 0.05) is 0 Å². The highest BCUT2D eigenvalue weighted by atomic mass is 28.3. The van der Waals surface area contributed by atoms with Crippen LogP contribution in [0.15, 0.2) is 70.3 Å². The standard InChI is InChI=1S/C19H24Si/c1-19(2,3)20(16-10-4-5-11-16,17-12-6-7-13-17)18-14-8-9-15-18/h4-10,12,14H,11,13,15H2,1-3H3. The molecule has 0 aliphatic heterocycles. The van der Waals surface area contributed by atoms with Gasteiger partial charge in [-0.25, -0.2) is 0 Å². The predicted molar refractivity (Wildman–Crippen MR) is 91.0 cm³/mol. The molecule has 0 aromatic rings. The summed E-state index contributed by atoms with van der Waals surface area (Å²) >= 11 is 0. The largest absolute Gasteiger partial charge is 0.142 e. The van der Waals surface area contributed by atoms with Crippen LogP contribution in [0.1, 0.15) is 40.0 Å². The van der Waals surface area contributed by atoms with Gasteiger partial charge >= 0.3 is 0 Å². The van der Waals surface area contributed by atoms with Crippen LogP contribution in [-0.4, -0.2) is 8.07 Å². The van der Waals surface area contributed by atoms with E-state index in [2.05, 4.69) is 75.5 Å². The van der Waals surface area contributed by atoms with E-state index in [9.17, 15) is 0 Å². The summed E-state index contributed by atoms with van der Waals surface area (Å²) in [5.41, 5.74) is 0. The van der Waals surface area contributed by atoms with Crippen molar-refractivity contribution in [1.82, 2.24) is 0 Å². The molecule has 0 fully saturated rings. The zero-order chi connectivity index (χ0) is 14.2. The molecule has 0 nitrogen and oxygen atoms in total. The maximum absolute atomic E-state index is 2.46. The molecule has 0 aromatic heterocycles. The van der Waals surface area contributed by atoms with Gasteiger partial charge in [0.25, 0.3) is 0 Å². The lowest BCUT2D eigenvalue weighted by Gasteiger charge is -2.47. The summed E-state index contributed by atoms with van der Waals surface area (Å²) in [4.78, 5) is 0. The van der Waals surface area contributed by atoms with E-state index >= 15 is 0 Å². The predicted octanol–water partition coefficient (Wildman–Crippen LogP) is 5.51. The molecule has 0 spiro atoms. The van der Waals surface area contributed by atoms with E-state index in [0.717, 1.165) is 19.3 Å². The van der Waals surface area contributed by atoms with E-state index in [1.807, 2.05) is 0 Å². The minimum absolute atomic E-state index is 0.320. The summed E-state index contributed by atoms with van der Waals surface area (Å²) in [6, 6.07) is 0. The van der Waals surface area contributed by atoms with Crippen molar-refractivity contribution in [2.45, 2.75) is 45.1 Å². The molecule has 3 aliphatic rings. The van der Waals surface area contributed by atoms with Crippen LogP contribution in [-0.2, 0) is 0 Å². The Morgan fingerprint density at radius 3 is 1.25 bits per heavy atom. The van der Waals surface area contributed by atoms with Crippen LogP contribution < -0.4 is 0 Å². The summed E-state index contributed by atoms with van der Waals surface area (Å²) in [5, 5.41) is 5.43. The lowest BCUT2D eigenvalue weighted by Crippen LogP contribution is -2.50. The minimum Gasteiger partial charge on any atom is -0.0808 e. The molecule has 0 saturated carbocycles. The van der Waals surface area contributed by atoms with Gasteiger partial charge in [-0.15, -0.1) is 0 Å². The second kappa shape index (κ2) is 4.89. The van der Waals surface area contributed by atoms with Crippen LogP contribution in [0.25, 0.3) is 0 Å². The molecule has 0 unspecified atom stereocenters. The first-order chi connectivity index (χ1) is 9.57. The van der Waals surface area contributed by atoms with E-state index in [1.54, 1.807) is 15.6 Å². The Balaban J connectivity index is 2.18. The highest BCUT2D eigenvalue weighted by Gasteiger charge is 2.52. The number of hydrogen-bond acceptors (Lipinski definition) is 0. The van der Waals surface area contributed by atoms with Gasteiger partial charge in [0.05, 0.1) is 0 Å². The minimum atomic E-state index is -1.80. The third-order valence-electron chi connectivity index (χ3n) is 4.88. The quantitative estimate of drug-likeness (QED) is 0.598. The molecule has 104 valence electrons. The molecule has 0 amide bonds. The van der Waals surface area contributed by atoms with E-state index in [4.69, 9.17) is 0 Å². The Morgan fingerprint density at radius 2 is 1.05 bits per heavy atom. The number of hydrogen-bond donors (Lipinski definition) is 0. The molecule has 0 aromatic carbocycles. The zero-order valence-electron chi connectivity index (χ0n) is 12.8. The van der Waals surface area contributed by atoms with Crippen molar-refractivity contribution in [2.24, 2.45) is 0 Å². The Morgan fingerprint density at radius 1 is 0.700 bits per heavy atom. The van der Waals surface area contributed by atoms with Crippen LogP contribution in [0.5, 0.6) is 0 Å². The molecule has 0 atom stereocenters. The Hall–Kier alpha value is -1.34.